The third kappa shape index (κ3) is 3.86. The monoisotopic (exact) mass is 266 g/mol. The highest BCUT2D eigenvalue weighted by Gasteiger charge is 2.19. The smallest absolute Gasteiger partial charge is 0.255 e. The minimum Gasteiger partial charge on any atom is -0.497 e. The number of amides is 1. The first-order chi connectivity index (χ1) is 9.03. The molecule has 106 valence electrons. The molecule has 0 aliphatic rings. The summed E-state index contributed by atoms with van der Waals surface area (Å²) in [5.74, 6) is 1.18. The normalized spacial score (nSPS) is 12.1. The first-order valence-corrected chi connectivity index (χ1v) is 6.26. The number of benzene rings is 1. The Morgan fingerprint density at radius 1 is 1.32 bits per heavy atom. The summed E-state index contributed by atoms with van der Waals surface area (Å²) in [6, 6.07) is 5.05. The van der Waals surface area contributed by atoms with E-state index in [4.69, 9.17) is 15.2 Å². The number of hydrogen-bond acceptors (Lipinski definition) is 4. The molecule has 0 fully saturated rings. The number of nitrogens with one attached hydrogen (secondary N) is 1. The van der Waals surface area contributed by atoms with Crippen LogP contribution in [0.4, 0.5) is 0 Å². The second-order valence-electron chi connectivity index (χ2n) is 4.63. The van der Waals surface area contributed by atoms with Gasteiger partial charge in [-0.25, -0.2) is 0 Å². The van der Waals surface area contributed by atoms with E-state index in [0.29, 0.717) is 23.6 Å². The Labute approximate surface area is 114 Å². The maximum absolute atomic E-state index is 12.3. The van der Waals surface area contributed by atoms with E-state index in [1.165, 1.54) is 7.11 Å². The predicted octanol–water partition coefficient (Wildman–Crippen LogP) is 1.42. The van der Waals surface area contributed by atoms with Gasteiger partial charge in [0.25, 0.3) is 5.91 Å². The zero-order valence-electron chi connectivity index (χ0n) is 11.9. The van der Waals surface area contributed by atoms with Gasteiger partial charge in [0.2, 0.25) is 0 Å². The van der Waals surface area contributed by atoms with Gasteiger partial charge in [0, 0.05) is 12.6 Å². The van der Waals surface area contributed by atoms with Crippen molar-refractivity contribution in [2.45, 2.75) is 19.9 Å². The summed E-state index contributed by atoms with van der Waals surface area (Å²) in [5, 5.41) is 2.91. The Morgan fingerprint density at radius 2 is 2.00 bits per heavy atom. The summed E-state index contributed by atoms with van der Waals surface area (Å²) in [6.45, 7) is 4.43. The fourth-order valence-corrected chi connectivity index (χ4v) is 1.74. The van der Waals surface area contributed by atoms with E-state index in [0.717, 1.165) is 0 Å². The molecule has 0 radical (unpaired) electrons. The van der Waals surface area contributed by atoms with Gasteiger partial charge >= 0.3 is 0 Å². The lowest BCUT2D eigenvalue weighted by atomic mass is 10.0. The third-order valence-electron chi connectivity index (χ3n) is 3.03. The maximum atomic E-state index is 12.3. The zero-order chi connectivity index (χ0) is 14.4. The number of carbonyl (C=O) groups excluding carboxylic acids is 1. The Hall–Kier alpha value is -1.75. The van der Waals surface area contributed by atoms with E-state index in [2.05, 4.69) is 5.32 Å². The number of carbonyl (C=O) groups is 1. The van der Waals surface area contributed by atoms with Crippen LogP contribution >= 0.6 is 0 Å². The molecule has 1 atom stereocenters. The van der Waals surface area contributed by atoms with Gasteiger partial charge in [-0.1, -0.05) is 13.8 Å². The van der Waals surface area contributed by atoms with Crippen LogP contribution in [-0.2, 0) is 0 Å². The number of nitrogens with two attached hydrogens (primary N) is 1. The average molecular weight is 266 g/mol. The van der Waals surface area contributed by atoms with E-state index in [1.54, 1.807) is 25.3 Å². The molecule has 0 saturated heterocycles. The fraction of sp³-hybridized carbons (Fsp3) is 0.500. The van der Waals surface area contributed by atoms with Crippen LogP contribution < -0.4 is 20.5 Å². The molecule has 0 aliphatic heterocycles. The standard InChI is InChI=1S/C14H22N2O3/c1-9(2)12(8-15)16-14(17)11-7-10(18-3)5-6-13(11)19-4/h5-7,9,12H,8,15H2,1-4H3,(H,16,17). The molecule has 3 N–H and O–H groups in total. The Bertz CT molecular complexity index is 433. The Morgan fingerprint density at radius 3 is 2.47 bits per heavy atom. The second-order valence-corrected chi connectivity index (χ2v) is 4.63. The minimum absolute atomic E-state index is 0.0663. The number of methoxy groups -OCH3 is 2. The van der Waals surface area contributed by atoms with Gasteiger partial charge in [-0.3, -0.25) is 4.79 Å². The van der Waals surface area contributed by atoms with Crippen LogP contribution in [0, 0.1) is 5.92 Å². The number of hydrogen-bond donors (Lipinski definition) is 2. The topological polar surface area (TPSA) is 73.6 Å². The fourth-order valence-electron chi connectivity index (χ4n) is 1.74. The first-order valence-electron chi connectivity index (χ1n) is 6.26. The lowest BCUT2D eigenvalue weighted by Crippen LogP contribution is -2.43. The van der Waals surface area contributed by atoms with Crippen LogP contribution in [0.5, 0.6) is 11.5 Å². The van der Waals surface area contributed by atoms with Crippen molar-refractivity contribution in [3.05, 3.63) is 23.8 Å². The SMILES string of the molecule is COc1ccc(OC)c(C(=O)NC(CN)C(C)C)c1. The van der Waals surface area contributed by atoms with Crippen LogP contribution in [0.3, 0.4) is 0 Å². The van der Waals surface area contributed by atoms with E-state index >= 15 is 0 Å². The van der Waals surface area contributed by atoms with Crippen molar-refractivity contribution in [3.8, 4) is 11.5 Å². The van der Waals surface area contributed by atoms with Gasteiger partial charge in [0.15, 0.2) is 0 Å². The molecule has 5 nitrogen and oxygen atoms in total. The number of ether oxygens (including phenoxy) is 2. The van der Waals surface area contributed by atoms with E-state index in [1.807, 2.05) is 13.8 Å². The Kier molecular flexibility index (Phi) is 5.63. The van der Waals surface area contributed by atoms with Crippen molar-refractivity contribution < 1.29 is 14.3 Å². The summed E-state index contributed by atoms with van der Waals surface area (Å²) < 4.78 is 10.3. The van der Waals surface area contributed by atoms with Crippen LogP contribution in [0.25, 0.3) is 0 Å². The first kappa shape index (κ1) is 15.3. The van der Waals surface area contributed by atoms with Crippen molar-refractivity contribution in [2.24, 2.45) is 11.7 Å². The molecule has 1 amide bonds. The largest absolute Gasteiger partial charge is 0.497 e. The summed E-state index contributed by atoms with van der Waals surface area (Å²) in [5.41, 5.74) is 6.10. The Balaban J connectivity index is 2.97. The second kappa shape index (κ2) is 6.99. The van der Waals surface area contributed by atoms with Crippen LogP contribution in [0.2, 0.25) is 0 Å². The predicted molar refractivity (Wildman–Crippen MR) is 74.7 cm³/mol. The summed E-state index contributed by atoms with van der Waals surface area (Å²) >= 11 is 0. The van der Waals surface area contributed by atoms with Crippen molar-refractivity contribution >= 4 is 5.91 Å². The summed E-state index contributed by atoms with van der Waals surface area (Å²) in [4.78, 5) is 12.3. The van der Waals surface area contributed by atoms with Gasteiger partial charge in [-0.2, -0.15) is 0 Å². The maximum Gasteiger partial charge on any atom is 0.255 e. The van der Waals surface area contributed by atoms with Crippen molar-refractivity contribution in [1.29, 1.82) is 0 Å². The van der Waals surface area contributed by atoms with E-state index in [9.17, 15) is 4.79 Å². The highest BCUT2D eigenvalue weighted by molar-refractivity contribution is 5.97. The zero-order valence-corrected chi connectivity index (χ0v) is 11.9. The lowest BCUT2D eigenvalue weighted by Gasteiger charge is -2.21. The molecule has 0 aromatic heterocycles. The third-order valence-corrected chi connectivity index (χ3v) is 3.03. The van der Waals surface area contributed by atoms with Crippen molar-refractivity contribution in [3.63, 3.8) is 0 Å². The molecule has 0 spiro atoms. The summed E-state index contributed by atoms with van der Waals surface area (Å²) in [7, 11) is 3.09. The quantitative estimate of drug-likeness (QED) is 0.816. The molecule has 0 heterocycles. The van der Waals surface area contributed by atoms with Gasteiger partial charge in [-0.15, -0.1) is 0 Å². The van der Waals surface area contributed by atoms with Gasteiger partial charge in [0.1, 0.15) is 11.5 Å². The molecule has 1 aromatic rings. The lowest BCUT2D eigenvalue weighted by molar-refractivity contribution is 0.0924. The average Bonchev–Trinajstić information content (AvgIpc) is 2.43. The highest BCUT2D eigenvalue weighted by Crippen LogP contribution is 2.24. The van der Waals surface area contributed by atoms with Gasteiger partial charge in [-0.05, 0) is 24.1 Å². The molecule has 5 heteroatoms. The van der Waals surface area contributed by atoms with Gasteiger partial charge in [0.05, 0.1) is 19.8 Å². The molecule has 0 bridgehead atoms. The molecular formula is C14H22N2O3. The molecule has 1 unspecified atom stereocenters. The molecular weight excluding hydrogens is 244 g/mol. The minimum atomic E-state index is -0.208. The van der Waals surface area contributed by atoms with E-state index in [-0.39, 0.29) is 17.9 Å². The molecule has 0 saturated carbocycles. The number of rotatable bonds is 6. The van der Waals surface area contributed by atoms with Gasteiger partial charge < -0.3 is 20.5 Å². The molecule has 0 aliphatic carbocycles. The summed E-state index contributed by atoms with van der Waals surface area (Å²) in [6.07, 6.45) is 0. The van der Waals surface area contributed by atoms with Crippen LogP contribution in [0.15, 0.2) is 18.2 Å². The molecule has 1 aromatic carbocycles. The van der Waals surface area contributed by atoms with Crippen molar-refractivity contribution in [2.75, 3.05) is 20.8 Å². The van der Waals surface area contributed by atoms with Crippen molar-refractivity contribution in [1.82, 2.24) is 5.32 Å². The van der Waals surface area contributed by atoms with E-state index < -0.39 is 0 Å². The highest BCUT2D eigenvalue weighted by atomic mass is 16.5. The van der Waals surface area contributed by atoms with Crippen LogP contribution in [0.1, 0.15) is 24.2 Å². The molecule has 1 rings (SSSR count). The van der Waals surface area contributed by atoms with Crippen LogP contribution in [-0.4, -0.2) is 32.7 Å². The molecule has 19 heavy (non-hydrogen) atoms.